The first-order valence-electron chi connectivity index (χ1n) is 7.93. The lowest BCUT2D eigenvalue weighted by molar-refractivity contribution is 0.171. The molecule has 0 saturated carbocycles. The zero-order chi connectivity index (χ0) is 17.4. The van der Waals surface area contributed by atoms with Crippen LogP contribution in [0.15, 0.2) is 42.6 Å². The number of amides is 2. The summed E-state index contributed by atoms with van der Waals surface area (Å²) in [6.07, 6.45) is 2.75. The van der Waals surface area contributed by atoms with Gasteiger partial charge in [-0.25, -0.2) is 4.79 Å². The Labute approximate surface area is 143 Å². The summed E-state index contributed by atoms with van der Waals surface area (Å²) >= 11 is 0. The number of methoxy groups -OCH3 is 2. The van der Waals surface area contributed by atoms with Crippen LogP contribution in [0.25, 0.3) is 0 Å². The van der Waals surface area contributed by atoms with Gasteiger partial charge >= 0.3 is 6.03 Å². The SMILES string of the molecule is COCCCN(Cc1cccn1C)C(=O)Nc1ccccc1OC. The lowest BCUT2D eigenvalue weighted by Gasteiger charge is -2.24. The molecule has 1 N–H and O–H groups in total. The molecule has 1 aromatic heterocycles. The van der Waals surface area contributed by atoms with Crippen molar-refractivity contribution >= 4 is 11.7 Å². The molecule has 2 aromatic rings. The predicted molar refractivity (Wildman–Crippen MR) is 94.3 cm³/mol. The number of aromatic nitrogens is 1. The Kier molecular flexibility index (Phi) is 6.69. The number of nitrogens with one attached hydrogen (secondary N) is 1. The van der Waals surface area contributed by atoms with Crippen LogP contribution in [0, 0.1) is 0 Å². The van der Waals surface area contributed by atoms with Crippen LogP contribution in [0.3, 0.4) is 0 Å². The van der Waals surface area contributed by atoms with Gasteiger partial charge in [-0.3, -0.25) is 0 Å². The molecule has 0 aliphatic rings. The molecule has 0 saturated heterocycles. The number of nitrogens with zero attached hydrogens (tertiary/aromatic N) is 2. The molecule has 0 aliphatic heterocycles. The van der Waals surface area contributed by atoms with Gasteiger partial charge in [-0.1, -0.05) is 12.1 Å². The maximum absolute atomic E-state index is 12.7. The minimum Gasteiger partial charge on any atom is -0.495 e. The minimum absolute atomic E-state index is 0.156. The van der Waals surface area contributed by atoms with Crippen molar-refractivity contribution in [3.63, 3.8) is 0 Å². The molecule has 0 spiro atoms. The molecule has 6 heteroatoms. The quantitative estimate of drug-likeness (QED) is 0.756. The minimum atomic E-state index is -0.156. The van der Waals surface area contributed by atoms with Gasteiger partial charge in [0.1, 0.15) is 5.75 Å². The van der Waals surface area contributed by atoms with Crippen LogP contribution in [0.5, 0.6) is 5.75 Å². The third kappa shape index (κ3) is 4.76. The molecule has 1 heterocycles. The summed E-state index contributed by atoms with van der Waals surface area (Å²) in [5.74, 6) is 0.640. The molecule has 0 bridgehead atoms. The first-order chi connectivity index (χ1) is 11.7. The normalized spacial score (nSPS) is 10.5. The number of hydrogen-bond acceptors (Lipinski definition) is 3. The van der Waals surface area contributed by atoms with Crippen LogP contribution in [0.1, 0.15) is 12.1 Å². The number of hydrogen-bond donors (Lipinski definition) is 1. The Morgan fingerprint density at radius 1 is 1.21 bits per heavy atom. The van der Waals surface area contributed by atoms with E-state index in [2.05, 4.69) is 5.32 Å². The fourth-order valence-electron chi connectivity index (χ4n) is 2.45. The van der Waals surface area contributed by atoms with Crippen molar-refractivity contribution in [1.29, 1.82) is 0 Å². The number of carbonyl (C=O) groups excluding carboxylic acids is 1. The van der Waals surface area contributed by atoms with E-state index in [1.807, 2.05) is 54.2 Å². The molecule has 6 nitrogen and oxygen atoms in total. The summed E-state index contributed by atoms with van der Waals surface area (Å²) in [5.41, 5.74) is 1.73. The number of aryl methyl sites for hydroxylation is 1. The van der Waals surface area contributed by atoms with Gasteiger partial charge < -0.3 is 24.3 Å². The van der Waals surface area contributed by atoms with E-state index >= 15 is 0 Å². The first kappa shape index (κ1) is 17.9. The highest BCUT2D eigenvalue weighted by Gasteiger charge is 2.16. The highest BCUT2D eigenvalue weighted by Crippen LogP contribution is 2.23. The summed E-state index contributed by atoms with van der Waals surface area (Å²) in [6, 6.07) is 11.2. The topological polar surface area (TPSA) is 55.7 Å². The van der Waals surface area contributed by atoms with Crippen LogP contribution in [0.4, 0.5) is 10.5 Å². The van der Waals surface area contributed by atoms with Gasteiger partial charge in [0.05, 0.1) is 19.3 Å². The summed E-state index contributed by atoms with van der Waals surface area (Å²) in [5, 5.41) is 2.93. The Hall–Kier alpha value is -2.47. The Bertz CT molecular complexity index is 654. The molecule has 130 valence electrons. The van der Waals surface area contributed by atoms with Crippen molar-refractivity contribution in [2.75, 3.05) is 32.7 Å². The first-order valence-corrected chi connectivity index (χ1v) is 7.93. The Morgan fingerprint density at radius 3 is 2.67 bits per heavy atom. The van der Waals surface area contributed by atoms with Crippen molar-refractivity contribution in [2.24, 2.45) is 7.05 Å². The molecule has 24 heavy (non-hydrogen) atoms. The lowest BCUT2D eigenvalue weighted by atomic mass is 10.3. The van der Waals surface area contributed by atoms with E-state index in [4.69, 9.17) is 9.47 Å². The van der Waals surface area contributed by atoms with E-state index in [9.17, 15) is 4.79 Å². The second-order valence-electron chi connectivity index (χ2n) is 5.51. The van der Waals surface area contributed by atoms with Crippen molar-refractivity contribution in [3.8, 4) is 5.75 Å². The molecule has 2 amide bonds. The molecule has 0 atom stereocenters. The summed E-state index contributed by atoms with van der Waals surface area (Å²) in [6.45, 7) is 1.76. The van der Waals surface area contributed by atoms with E-state index in [0.717, 1.165) is 12.1 Å². The predicted octanol–water partition coefficient (Wildman–Crippen LogP) is 3.10. The molecule has 1 aromatic carbocycles. The maximum atomic E-state index is 12.7. The largest absolute Gasteiger partial charge is 0.495 e. The number of urea groups is 1. The smallest absolute Gasteiger partial charge is 0.322 e. The molecule has 2 rings (SSSR count). The number of carbonyl (C=O) groups is 1. The van der Waals surface area contributed by atoms with Crippen molar-refractivity contribution in [1.82, 2.24) is 9.47 Å². The Balaban J connectivity index is 2.09. The van der Waals surface area contributed by atoms with Crippen molar-refractivity contribution in [3.05, 3.63) is 48.3 Å². The van der Waals surface area contributed by atoms with Gasteiger partial charge in [0.25, 0.3) is 0 Å². The van der Waals surface area contributed by atoms with E-state index in [1.54, 1.807) is 19.1 Å². The van der Waals surface area contributed by atoms with Gasteiger partial charge in [-0.15, -0.1) is 0 Å². The molecule has 0 fully saturated rings. The van der Waals surface area contributed by atoms with Gasteiger partial charge in [-0.2, -0.15) is 0 Å². The summed E-state index contributed by atoms with van der Waals surface area (Å²) in [7, 11) is 5.22. The van der Waals surface area contributed by atoms with E-state index in [0.29, 0.717) is 31.1 Å². The summed E-state index contributed by atoms with van der Waals surface area (Å²) < 4.78 is 12.4. The number of anilines is 1. The van der Waals surface area contributed by atoms with Crippen LogP contribution in [-0.4, -0.2) is 42.9 Å². The lowest BCUT2D eigenvalue weighted by Crippen LogP contribution is -2.36. The molecule has 0 radical (unpaired) electrons. The standard InChI is InChI=1S/C18H25N3O3/c1-20-11-6-8-15(20)14-21(12-7-13-23-2)18(22)19-16-9-4-5-10-17(16)24-3/h4-6,8-11H,7,12-14H2,1-3H3,(H,19,22). The molecular weight excluding hydrogens is 306 g/mol. The third-order valence-corrected chi connectivity index (χ3v) is 3.82. The van der Waals surface area contributed by atoms with Gasteiger partial charge in [0.15, 0.2) is 0 Å². The van der Waals surface area contributed by atoms with Crippen LogP contribution >= 0.6 is 0 Å². The monoisotopic (exact) mass is 331 g/mol. The Morgan fingerprint density at radius 2 is 2.00 bits per heavy atom. The van der Waals surface area contributed by atoms with Crippen molar-refractivity contribution in [2.45, 2.75) is 13.0 Å². The average molecular weight is 331 g/mol. The van der Waals surface area contributed by atoms with Gasteiger partial charge in [0, 0.05) is 39.2 Å². The number of ether oxygens (including phenoxy) is 2. The van der Waals surface area contributed by atoms with E-state index in [-0.39, 0.29) is 6.03 Å². The molecule has 0 unspecified atom stereocenters. The van der Waals surface area contributed by atoms with Crippen LogP contribution in [-0.2, 0) is 18.3 Å². The highest BCUT2D eigenvalue weighted by atomic mass is 16.5. The zero-order valence-corrected chi connectivity index (χ0v) is 14.5. The second-order valence-corrected chi connectivity index (χ2v) is 5.51. The van der Waals surface area contributed by atoms with E-state index in [1.165, 1.54) is 0 Å². The summed E-state index contributed by atoms with van der Waals surface area (Å²) in [4.78, 5) is 14.5. The molecule has 0 aliphatic carbocycles. The highest BCUT2D eigenvalue weighted by molar-refractivity contribution is 5.90. The van der Waals surface area contributed by atoms with Gasteiger partial charge in [-0.05, 0) is 30.7 Å². The van der Waals surface area contributed by atoms with Crippen LogP contribution in [0.2, 0.25) is 0 Å². The molecular formula is C18H25N3O3. The van der Waals surface area contributed by atoms with Crippen LogP contribution < -0.4 is 10.1 Å². The fraction of sp³-hybridized carbons (Fsp3) is 0.389. The number of rotatable bonds is 8. The average Bonchev–Trinajstić information content (AvgIpc) is 2.99. The number of benzene rings is 1. The fourth-order valence-corrected chi connectivity index (χ4v) is 2.45. The van der Waals surface area contributed by atoms with Gasteiger partial charge in [0.2, 0.25) is 0 Å². The van der Waals surface area contributed by atoms with Crippen molar-refractivity contribution < 1.29 is 14.3 Å². The second kappa shape index (κ2) is 8.98. The zero-order valence-electron chi connectivity index (χ0n) is 14.5. The number of para-hydroxylation sites is 2. The third-order valence-electron chi connectivity index (χ3n) is 3.82. The maximum Gasteiger partial charge on any atom is 0.322 e. The van der Waals surface area contributed by atoms with E-state index < -0.39 is 0 Å².